The fraction of sp³-hybridized carbons (Fsp3) is 0.294. The van der Waals surface area contributed by atoms with E-state index in [9.17, 15) is 9.59 Å². The van der Waals surface area contributed by atoms with Crippen LogP contribution in [-0.2, 0) is 12.8 Å². The van der Waals surface area contributed by atoms with Gasteiger partial charge in [-0.25, -0.2) is 0 Å². The molecule has 0 saturated heterocycles. The lowest BCUT2D eigenvalue weighted by Gasteiger charge is -2.14. The van der Waals surface area contributed by atoms with Crippen LogP contribution in [0.4, 0.5) is 0 Å². The van der Waals surface area contributed by atoms with Crippen molar-refractivity contribution < 1.29 is 4.79 Å². The summed E-state index contributed by atoms with van der Waals surface area (Å²) in [5, 5.41) is 3.04. The van der Waals surface area contributed by atoms with Crippen LogP contribution in [-0.4, -0.2) is 10.9 Å². The topological polar surface area (TPSA) is 62.0 Å². The molecule has 0 spiro atoms. The molecule has 2 aromatic rings. The number of rotatable bonds is 3. The highest BCUT2D eigenvalue weighted by molar-refractivity contribution is 5.94. The molecule has 0 bridgehead atoms. The van der Waals surface area contributed by atoms with Crippen LogP contribution in [0.5, 0.6) is 0 Å². The van der Waals surface area contributed by atoms with Gasteiger partial charge < -0.3 is 10.3 Å². The summed E-state index contributed by atoms with van der Waals surface area (Å²) in [4.78, 5) is 26.7. The molecular weight excluding hydrogens is 264 g/mol. The number of aromatic nitrogens is 1. The SMILES string of the molecule is CCc1cc(C(=O)N[C@@H]2CCc3ccccc32)cc(=O)[nH]1. The van der Waals surface area contributed by atoms with Crippen molar-refractivity contribution in [1.29, 1.82) is 0 Å². The Kier molecular flexibility index (Phi) is 3.60. The van der Waals surface area contributed by atoms with Gasteiger partial charge in [-0.05, 0) is 36.5 Å². The van der Waals surface area contributed by atoms with E-state index in [1.54, 1.807) is 6.07 Å². The van der Waals surface area contributed by atoms with Crippen molar-refractivity contribution in [3.05, 3.63) is 69.1 Å². The summed E-state index contributed by atoms with van der Waals surface area (Å²) >= 11 is 0. The molecule has 0 radical (unpaired) electrons. The van der Waals surface area contributed by atoms with Gasteiger partial charge in [-0.3, -0.25) is 9.59 Å². The monoisotopic (exact) mass is 282 g/mol. The second-order valence-electron chi connectivity index (χ2n) is 5.38. The van der Waals surface area contributed by atoms with Crippen molar-refractivity contribution in [3.8, 4) is 0 Å². The molecule has 1 atom stereocenters. The Bertz CT molecular complexity index is 734. The molecule has 21 heavy (non-hydrogen) atoms. The van der Waals surface area contributed by atoms with Crippen LogP contribution in [0.15, 0.2) is 41.2 Å². The highest BCUT2D eigenvalue weighted by Gasteiger charge is 2.23. The molecule has 0 unspecified atom stereocenters. The molecule has 108 valence electrons. The number of aromatic amines is 1. The Morgan fingerprint density at radius 1 is 1.33 bits per heavy atom. The number of benzene rings is 1. The molecule has 1 aromatic heterocycles. The van der Waals surface area contributed by atoms with Gasteiger partial charge in [-0.1, -0.05) is 31.2 Å². The quantitative estimate of drug-likeness (QED) is 0.907. The Hall–Kier alpha value is -2.36. The summed E-state index contributed by atoms with van der Waals surface area (Å²) in [7, 11) is 0. The second kappa shape index (κ2) is 5.56. The number of amides is 1. The van der Waals surface area contributed by atoms with Crippen molar-refractivity contribution >= 4 is 5.91 Å². The van der Waals surface area contributed by atoms with Crippen molar-refractivity contribution in [3.63, 3.8) is 0 Å². The molecule has 2 N–H and O–H groups in total. The number of fused-ring (bicyclic) bond motifs is 1. The molecule has 1 amide bonds. The molecule has 3 rings (SSSR count). The molecule has 0 saturated carbocycles. The van der Waals surface area contributed by atoms with Gasteiger partial charge in [0, 0.05) is 17.3 Å². The Morgan fingerprint density at radius 3 is 2.95 bits per heavy atom. The maximum atomic E-state index is 12.4. The van der Waals surface area contributed by atoms with E-state index in [4.69, 9.17) is 0 Å². The van der Waals surface area contributed by atoms with Gasteiger partial charge in [-0.15, -0.1) is 0 Å². The maximum Gasteiger partial charge on any atom is 0.252 e. The van der Waals surface area contributed by atoms with Crippen molar-refractivity contribution in [2.75, 3.05) is 0 Å². The van der Waals surface area contributed by atoms with E-state index in [1.807, 2.05) is 19.1 Å². The molecule has 4 heteroatoms. The highest BCUT2D eigenvalue weighted by atomic mass is 16.2. The molecule has 0 aliphatic heterocycles. The fourth-order valence-electron chi connectivity index (χ4n) is 2.87. The number of aryl methyl sites for hydroxylation is 2. The molecule has 1 heterocycles. The first-order chi connectivity index (χ1) is 10.2. The summed E-state index contributed by atoms with van der Waals surface area (Å²) in [6.07, 6.45) is 2.59. The molecule has 1 aliphatic carbocycles. The van der Waals surface area contributed by atoms with Crippen LogP contribution in [0.3, 0.4) is 0 Å². The van der Waals surface area contributed by atoms with Crippen LogP contribution in [0.2, 0.25) is 0 Å². The third-order valence-electron chi connectivity index (χ3n) is 3.98. The first kappa shape index (κ1) is 13.6. The summed E-state index contributed by atoms with van der Waals surface area (Å²) < 4.78 is 0. The smallest absolute Gasteiger partial charge is 0.252 e. The molecular formula is C17H18N2O2. The van der Waals surface area contributed by atoms with E-state index in [0.717, 1.165) is 18.5 Å². The van der Waals surface area contributed by atoms with Gasteiger partial charge in [-0.2, -0.15) is 0 Å². The number of H-pyrrole nitrogens is 1. The van der Waals surface area contributed by atoms with Gasteiger partial charge in [0.1, 0.15) is 0 Å². The minimum absolute atomic E-state index is 0.0399. The summed E-state index contributed by atoms with van der Waals surface area (Å²) in [5.74, 6) is -0.183. The van der Waals surface area contributed by atoms with Crippen LogP contribution >= 0.6 is 0 Å². The minimum Gasteiger partial charge on any atom is -0.345 e. The van der Waals surface area contributed by atoms with E-state index >= 15 is 0 Å². The zero-order valence-corrected chi connectivity index (χ0v) is 12.0. The predicted octanol–water partition coefficient (Wildman–Crippen LogP) is 2.35. The van der Waals surface area contributed by atoms with E-state index in [1.165, 1.54) is 17.2 Å². The van der Waals surface area contributed by atoms with Gasteiger partial charge in [0.05, 0.1) is 6.04 Å². The average Bonchev–Trinajstić information content (AvgIpc) is 2.90. The normalized spacial score (nSPS) is 16.5. The third kappa shape index (κ3) is 2.75. The lowest BCUT2D eigenvalue weighted by atomic mass is 10.1. The predicted molar refractivity (Wildman–Crippen MR) is 81.4 cm³/mol. The minimum atomic E-state index is -0.230. The number of carbonyl (C=O) groups excluding carboxylic acids is 1. The van der Waals surface area contributed by atoms with E-state index in [0.29, 0.717) is 12.0 Å². The molecule has 1 aromatic carbocycles. The number of hydrogen-bond acceptors (Lipinski definition) is 2. The highest BCUT2D eigenvalue weighted by Crippen LogP contribution is 2.30. The zero-order chi connectivity index (χ0) is 14.8. The first-order valence-electron chi connectivity index (χ1n) is 7.29. The van der Waals surface area contributed by atoms with Crippen molar-refractivity contribution in [2.24, 2.45) is 0 Å². The molecule has 4 nitrogen and oxygen atoms in total. The molecule has 0 fully saturated rings. The van der Waals surface area contributed by atoms with Crippen LogP contribution in [0, 0.1) is 0 Å². The standard InChI is InChI=1S/C17H18N2O2/c1-2-13-9-12(10-16(20)18-13)17(21)19-15-8-7-11-5-3-4-6-14(11)15/h3-6,9-10,15H,2,7-8H2,1H3,(H,18,20)(H,19,21)/t15-/m1/s1. The first-order valence-corrected chi connectivity index (χ1v) is 7.29. The van der Waals surface area contributed by atoms with E-state index in [-0.39, 0.29) is 17.5 Å². The second-order valence-corrected chi connectivity index (χ2v) is 5.38. The largest absolute Gasteiger partial charge is 0.345 e. The third-order valence-corrected chi connectivity index (χ3v) is 3.98. The van der Waals surface area contributed by atoms with Gasteiger partial charge >= 0.3 is 0 Å². The van der Waals surface area contributed by atoms with Crippen molar-refractivity contribution in [2.45, 2.75) is 32.2 Å². The summed E-state index contributed by atoms with van der Waals surface area (Å²) in [6.45, 7) is 1.94. The van der Waals surface area contributed by atoms with Gasteiger partial charge in [0.15, 0.2) is 0 Å². The Balaban J connectivity index is 1.82. The fourth-order valence-corrected chi connectivity index (χ4v) is 2.87. The van der Waals surface area contributed by atoms with Crippen LogP contribution in [0.1, 0.15) is 46.6 Å². The number of carbonyl (C=O) groups is 1. The number of nitrogens with one attached hydrogen (secondary N) is 2. The van der Waals surface area contributed by atoms with Gasteiger partial charge in [0.2, 0.25) is 5.56 Å². The Labute approximate surface area is 123 Å². The van der Waals surface area contributed by atoms with Crippen LogP contribution in [0.25, 0.3) is 0 Å². The number of pyridine rings is 1. The average molecular weight is 282 g/mol. The lowest BCUT2D eigenvalue weighted by molar-refractivity contribution is 0.0936. The molecule has 1 aliphatic rings. The lowest BCUT2D eigenvalue weighted by Crippen LogP contribution is -2.28. The van der Waals surface area contributed by atoms with Crippen molar-refractivity contribution in [1.82, 2.24) is 10.3 Å². The summed E-state index contributed by atoms with van der Waals surface area (Å²) in [6, 6.07) is 11.3. The maximum absolute atomic E-state index is 12.4. The zero-order valence-electron chi connectivity index (χ0n) is 12.0. The van der Waals surface area contributed by atoms with Gasteiger partial charge in [0.25, 0.3) is 5.91 Å². The number of hydrogen-bond donors (Lipinski definition) is 2. The van der Waals surface area contributed by atoms with E-state index in [2.05, 4.69) is 22.4 Å². The Morgan fingerprint density at radius 2 is 2.14 bits per heavy atom. The summed E-state index contributed by atoms with van der Waals surface area (Å²) in [5.41, 5.74) is 3.46. The van der Waals surface area contributed by atoms with Crippen LogP contribution < -0.4 is 10.9 Å². The van der Waals surface area contributed by atoms with E-state index < -0.39 is 0 Å².